The Morgan fingerprint density at radius 2 is 0.250 bits per heavy atom. The minimum Gasteiger partial charge on any atom is -0.0776 e. The van der Waals surface area contributed by atoms with Gasteiger partial charge in [-0.1, -0.05) is 104 Å². The molecule has 0 amide bonds. The van der Waals surface area contributed by atoms with Crippen molar-refractivity contribution < 1.29 is 34.0 Å². The van der Waals surface area contributed by atoms with Crippen molar-refractivity contribution in [3.63, 3.8) is 0 Å². The molecular weight excluding hydrogens is 684 g/mol. The van der Waals surface area contributed by atoms with Gasteiger partial charge in [0, 0.05) is 34.0 Å². The molecule has 0 heterocycles. The third-order valence-corrected chi connectivity index (χ3v) is 0. The minimum absolute atomic E-state index is 0. The molecule has 0 radical (unpaired) electrons. The van der Waals surface area contributed by atoms with Crippen LogP contribution in [0.1, 0.15) is 107 Å². The molecule has 0 aliphatic carbocycles. The zero-order chi connectivity index (χ0) is 0. The van der Waals surface area contributed by atoms with Crippen LogP contribution in [0.3, 0.4) is 0 Å². The van der Waals surface area contributed by atoms with E-state index in [-0.39, 0.29) is 138 Å². The maximum atomic E-state index is 0. The van der Waals surface area contributed by atoms with Crippen molar-refractivity contribution in [1.82, 2.24) is 0 Å². The van der Waals surface area contributed by atoms with Crippen LogP contribution in [0.25, 0.3) is 0 Å². The van der Waals surface area contributed by atoms with Crippen LogP contribution in [0, 0.1) is 31.1 Å². The SMILES string of the molecule is C.C.C.C.C.C.C.C.C.C.C.C.C.C.[3HH].[3HH].[Mt].[U]. The summed E-state index contributed by atoms with van der Waals surface area (Å²) in [5.74, 6) is 0. The van der Waals surface area contributed by atoms with Gasteiger partial charge >= 0.3 is 0 Å². The molecule has 0 aliphatic rings. The van der Waals surface area contributed by atoms with Gasteiger partial charge < -0.3 is 0 Å². The molecule has 0 fully saturated rings. The molecule has 2 heteroatoms. The van der Waals surface area contributed by atoms with Crippen LogP contribution in [0.15, 0.2) is 0 Å². The number of rotatable bonds is 0. The van der Waals surface area contributed by atoms with E-state index in [4.69, 9.17) is 0 Å². The molecule has 0 aromatic heterocycles. The van der Waals surface area contributed by atoms with Crippen molar-refractivity contribution in [3.05, 3.63) is 0 Å². The van der Waals surface area contributed by atoms with Gasteiger partial charge in [-0.2, -0.15) is 0 Å². The first-order chi connectivity index (χ1) is 0. The van der Waals surface area contributed by atoms with Crippen molar-refractivity contribution in [2.45, 2.75) is 104 Å². The van der Waals surface area contributed by atoms with E-state index in [1.54, 1.807) is 0 Å². The Balaban J connectivity index is 0. The second-order valence-electron chi connectivity index (χ2n) is 0. The Hall–Kier alpha value is 0.0519. The summed E-state index contributed by atoms with van der Waals surface area (Å²) in [6.45, 7) is 0. The molecule has 122 valence electrons. The van der Waals surface area contributed by atoms with Crippen molar-refractivity contribution >= 4 is 0 Å². The standard InChI is InChI=1S/14CH4.Mt.U.2H2/h14*1H4;;;2*1H/i;;;;;;;;;;;;;;;;2*1+2. The average molecular weight is 749 g/mol. The van der Waals surface area contributed by atoms with Crippen LogP contribution >= 0.6 is 0 Å². The monoisotopic (exact) mass is 749 g/mol. The third-order valence-electron chi connectivity index (χ3n) is 0. The molecule has 0 atom stereocenters. The first-order valence-corrected chi connectivity index (χ1v) is 0. The molecule has 0 aromatic carbocycles. The van der Waals surface area contributed by atoms with Gasteiger partial charge in [0.05, 0.1) is 0 Å². The Bertz CT molecular complexity index is 19.8. The largest absolute Gasteiger partial charge is 0.0776 e. The molecular formula is C14H60MtU. The van der Waals surface area contributed by atoms with E-state index in [9.17, 15) is 0 Å². The maximum absolute atomic E-state index is 0. The van der Waals surface area contributed by atoms with Crippen LogP contribution in [0.2, 0.25) is 0 Å². The maximum Gasteiger partial charge on any atom is 0 e. The molecule has 0 aliphatic heterocycles. The summed E-state index contributed by atoms with van der Waals surface area (Å²) in [6, 6.07) is 0. The summed E-state index contributed by atoms with van der Waals surface area (Å²) in [5, 5.41) is 0. The second-order valence-corrected chi connectivity index (χ2v) is 0. The molecule has 0 unspecified atom stereocenters. The number of hydrogen-bond donors (Lipinski definition) is 0. The van der Waals surface area contributed by atoms with Gasteiger partial charge in [0.15, 0.2) is 0 Å². The van der Waals surface area contributed by atoms with Crippen LogP contribution in [0.4, 0.5) is 0 Å². The Kier molecular flexibility index (Phi) is 92800000000. The summed E-state index contributed by atoms with van der Waals surface area (Å²) >= 11 is 0. The fourth-order valence-electron chi connectivity index (χ4n) is 0. The normalized spacial score (nSPS) is 0. The molecule has 0 saturated heterocycles. The van der Waals surface area contributed by atoms with E-state index in [2.05, 4.69) is 0 Å². The first kappa shape index (κ1) is 1350000. The molecule has 16 heavy (non-hydrogen) atoms. The van der Waals surface area contributed by atoms with Crippen LogP contribution in [0.5, 0.6) is 0 Å². The quantitative estimate of drug-likeness (QED) is 0.232. The smallest absolute Gasteiger partial charge is 0 e. The zero-order valence-electron chi connectivity index (χ0n) is 1.21. The fourth-order valence-corrected chi connectivity index (χ4v) is 0. The Morgan fingerprint density at radius 1 is 0.250 bits per heavy atom. The van der Waals surface area contributed by atoms with Crippen molar-refractivity contribution in [2.24, 2.45) is 0 Å². The third kappa shape index (κ3) is 887000. The predicted octanol–water partition coefficient (Wildman–Crippen LogP) is 9.40. The van der Waals surface area contributed by atoms with E-state index in [1.165, 1.54) is 0 Å². The van der Waals surface area contributed by atoms with Crippen LogP contribution < -0.4 is 0 Å². The van der Waals surface area contributed by atoms with Gasteiger partial charge in [0.25, 0.3) is 0 Å². The van der Waals surface area contributed by atoms with Gasteiger partial charge in [0.1, 0.15) is 0 Å². The summed E-state index contributed by atoms with van der Waals surface area (Å²) in [4.78, 5) is 0. The van der Waals surface area contributed by atoms with Gasteiger partial charge in [-0.15, -0.1) is 0 Å². The van der Waals surface area contributed by atoms with Crippen molar-refractivity contribution in [2.75, 3.05) is 0 Å². The zero-order valence-corrected chi connectivity index (χ0v) is 11.9. The molecule has 0 rings (SSSR count). The van der Waals surface area contributed by atoms with Gasteiger partial charge in [-0.05, 0) is 0 Å². The summed E-state index contributed by atoms with van der Waals surface area (Å²) < 4.78 is 0. The van der Waals surface area contributed by atoms with Gasteiger partial charge in [-0.25, -0.2) is 0 Å². The van der Waals surface area contributed by atoms with E-state index >= 15 is 0 Å². The predicted molar refractivity (Wildman–Crippen MR) is 98.5 cm³/mol. The van der Waals surface area contributed by atoms with Gasteiger partial charge in [0.2, 0.25) is 0 Å². The first-order valence-electron chi connectivity index (χ1n) is 0. The van der Waals surface area contributed by atoms with Crippen molar-refractivity contribution in [1.29, 1.82) is 0 Å². The number of hydrogen-bond acceptors (Lipinski definition) is 0. The van der Waals surface area contributed by atoms with Crippen LogP contribution in [-0.2, 0) is 0 Å². The molecule has 0 aromatic rings. The summed E-state index contributed by atoms with van der Waals surface area (Å²) in [7, 11) is 0. The molecule has 0 saturated carbocycles. The van der Waals surface area contributed by atoms with Crippen molar-refractivity contribution in [3.8, 4) is 0 Å². The average Bonchev–Trinajstić information content (AvgIpc) is 0. The second kappa shape index (κ2) is 1100000. The summed E-state index contributed by atoms with van der Waals surface area (Å²) in [6.07, 6.45) is 0. The minimum atomic E-state index is 0. The Labute approximate surface area is 137 Å². The van der Waals surface area contributed by atoms with E-state index in [0.717, 1.165) is 0 Å². The van der Waals surface area contributed by atoms with Gasteiger partial charge in [-0.3, -0.25) is 0 Å². The van der Waals surface area contributed by atoms with E-state index in [0.29, 0.717) is 0 Å². The van der Waals surface area contributed by atoms with Crippen LogP contribution in [-0.4, -0.2) is 0 Å². The molecule has 0 N–H and O–H groups in total. The van der Waals surface area contributed by atoms with E-state index in [1.807, 2.05) is 0 Å². The fraction of sp³-hybridized carbons (Fsp3) is 1.00. The van der Waals surface area contributed by atoms with E-state index < -0.39 is 0 Å². The summed E-state index contributed by atoms with van der Waals surface area (Å²) in [5.41, 5.74) is 0. The molecule has 0 nitrogen and oxygen atoms in total. The Morgan fingerprint density at radius 3 is 0.250 bits per heavy atom. The topological polar surface area (TPSA) is 0 Å². The molecule has 0 bridgehead atoms. The molecule has 0 spiro atoms.